The van der Waals surface area contributed by atoms with Gasteiger partial charge in [0.05, 0.1) is 11.1 Å². The van der Waals surface area contributed by atoms with Crippen LogP contribution in [0.25, 0.3) is 10.9 Å². The second-order valence-corrected chi connectivity index (χ2v) is 4.71. The zero-order valence-electron chi connectivity index (χ0n) is 11.3. The minimum Gasteiger partial charge on any atom is -0.457 e. The van der Waals surface area contributed by atoms with E-state index in [0.29, 0.717) is 28.1 Å². The summed E-state index contributed by atoms with van der Waals surface area (Å²) in [6, 6.07) is 11.5. The van der Waals surface area contributed by atoms with E-state index >= 15 is 0 Å². The molecule has 2 N–H and O–H groups in total. The number of nitrogen functional groups attached to an aromatic ring is 1. The maximum Gasteiger partial charge on any atom is 0.416 e. The Kier molecular flexibility index (Phi) is 3.36. The molecule has 0 aliphatic carbocycles. The molecule has 3 nitrogen and oxygen atoms in total. The Morgan fingerprint density at radius 2 is 1.82 bits per heavy atom. The number of hydrogen-bond acceptors (Lipinski definition) is 3. The van der Waals surface area contributed by atoms with Crippen LogP contribution in [0.1, 0.15) is 5.56 Å². The predicted molar refractivity (Wildman–Crippen MR) is 77.7 cm³/mol. The first kappa shape index (κ1) is 14.2. The summed E-state index contributed by atoms with van der Waals surface area (Å²) in [7, 11) is 0. The Labute approximate surface area is 124 Å². The van der Waals surface area contributed by atoms with E-state index in [4.69, 9.17) is 10.5 Å². The Hall–Kier alpha value is -2.76. The zero-order valence-corrected chi connectivity index (χ0v) is 11.3. The van der Waals surface area contributed by atoms with Crippen molar-refractivity contribution in [3.05, 3.63) is 60.3 Å². The van der Waals surface area contributed by atoms with Gasteiger partial charge in [-0.2, -0.15) is 13.2 Å². The third-order valence-electron chi connectivity index (χ3n) is 3.11. The van der Waals surface area contributed by atoms with Crippen LogP contribution in [0.4, 0.5) is 18.9 Å². The maximum atomic E-state index is 12.8. The highest BCUT2D eigenvalue weighted by Gasteiger charge is 2.30. The van der Waals surface area contributed by atoms with Gasteiger partial charge in [-0.1, -0.05) is 6.07 Å². The van der Waals surface area contributed by atoms with Crippen molar-refractivity contribution in [2.24, 2.45) is 0 Å². The maximum absolute atomic E-state index is 12.8. The lowest BCUT2D eigenvalue weighted by molar-refractivity contribution is -0.137. The molecule has 0 saturated heterocycles. The topological polar surface area (TPSA) is 48.1 Å². The molecule has 0 aliphatic heterocycles. The van der Waals surface area contributed by atoms with E-state index in [1.165, 1.54) is 18.3 Å². The molecule has 0 unspecified atom stereocenters. The number of nitrogens with two attached hydrogens (primary N) is 1. The van der Waals surface area contributed by atoms with Crippen LogP contribution in [0.5, 0.6) is 11.5 Å². The van der Waals surface area contributed by atoms with Crippen molar-refractivity contribution in [1.29, 1.82) is 0 Å². The number of rotatable bonds is 2. The van der Waals surface area contributed by atoms with Gasteiger partial charge in [0.25, 0.3) is 0 Å². The molecule has 22 heavy (non-hydrogen) atoms. The molecule has 1 aromatic heterocycles. The second-order valence-electron chi connectivity index (χ2n) is 4.71. The SMILES string of the molecule is Nc1cccc(Oc2ccnc3ccc(C(F)(F)F)cc23)c1. The number of nitrogens with zero attached hydrogens (tertiary/aromatic N) is 1. The average molecular weight is 304 g/mol. The smallest absolute Gasteiger partial charge is 0.416 e. The summed E-state index contributed by atoms with van der Waals surface area (Å²) in [5, 5.41) is 0.291. The third kappa shape index (κ3) is 2.81. The lowest BCUT2D eigenvalue weighted by atomic mass is 10.1. The van der Waals surface area contributed by atoms with E-state index in [0.717, 1.165) is 12.1 Å². The summed E-state index contributed by atoms with van der Waals surface area (Å²) in [6.45, 7) is 0. The molecule has 0 fully saturated rings. The van der Waals surface area contributed by atoms with E-state index in [1.807, 2.05) is 0 Å². The van der Waals surface area contributed by atoms with Gasteiger partial charge in [0.1, 0.15) is 11.5 Å². The van der Waals surface area contributed by atoms with E-state index < -0.39 is 11.7 Å². The van der Waals surface area contributed by atoms with E-state index in [9.17, 15) is 13.2 Å². The zero-order chi connectivity index (χ0) is 15.7. The molecule has 6 heteroatoms. The van der Waals surface area contributed by atoms with E-state index in [1.54, 1.807) is 24.3 Å². The van der Waals surface area contributed by atoms with Crippen LogP contribution >= 0.6 is 0 Å². The van der Waals surface area contributed by atoms with Crippen LogP contribution in [0.3, 0.4) is 0 Å². The molecule has 0 amide bonds. The summed E-state index contributed by atoms with van der Waals surface area (Å²) in [6.07, 6.45) is -2.93. The van der Waals surface area contributed by atoms with Gasteiger partial charge in [0.2, 0.25) is 0 Å². The molecule has 112 valence electrons. The monoisotopic (exact) mass is 304 g/mol. The Balaban J connectivity index is 2.09. The highest BCUT2D eigenvalue weighted by atomic mass is 19.4. The van der Waals surface area contributed by atoms with E-state index in [2.05, 4.69) is 4.98 Å². The standard InChI is InChI=1S/C16H11F3N2O/c17-16(18,19)10-4-5-14-13(8-10)15(6-7-21-14)22-12-3-1-2-11(20)9-12/h1-9H,20H2. The first-order valence-electron chi connectivity index (χ1n) is 6.43. The highest BCUT2D eigenvalue weighted by Crippen LogP contribution is 2.35. The minimum absolute atomic E-state index is 0.291. The average Bonchev–Trinajstić information content (AvgIpc) is 2.46. The number of anilines is 1. The summed E-state index contributed by atoms with van der Waals surface area (Å²) in [5.41, 5.74) is 5.85. The fourth-order valence-corrected chi connectivity index (χ4v) is 2.09. The molecule has 0 aliphatic rings. The van der Waals surface area contributed by atoms with Gasteiger partial charge in [-0.3, -0.25) is 4.98 Å². The molecule has 0 atom stereocenters. The summed E-state index contributed by atoms with van der Waals surface area (Å²) in [4.78, 5) is 4.05. The van der Waals surface area contributed by atoms with Gasteiger partial charge in [-0.15, -0.1) is 0 Å². The summed E-state index contributed by atoms with van der Waals surface area (Å²) >= 11 is 0. The highest BCUT2D eigenvalue weighted by molar-refractivity contribution is 5.85. The Morgan fingerprint density at radius 3 is 2.55 bits per heavy atom. The lowest BCUT2D eigenvalue weighted by Crippen LogP contribution is -2.04. The molecule has 2 aromatic carbocycles. The molecular weight excluding hydrogens is 293 g/mol. The number of benzene rings is 2. The lowest BCUT2D eigenvalue weighted by Gasteiger charge is -2.11. The molecule has 3 rings (SSSR count). The molecule has 0 saturated carbocycles. The normalized spacial score (nSPS) is 11.6. The van der Waals surface area contributed by atoms with Crippen molar-refractivity contribution >= 4 is 16.6 Å². The van der Waals surface area contributed by atoms with Gasteiger partial charge >= 0.3 is 6.18 Å². The van der Waals surface area contributed by atoms with Gasteiger partial charge in [0, 0.05) is 23.3 Å². The third-order valence-corrected chi connectivity index (χ3v) is 3.11. The fourth-order valence-electron chi connectivity index (χ4n) is 2.09. The Morgan fingerprint density at radius 1 is 1.00 bits per heavy atom. The number of hydrogen-bond donors (Lipinski definition) is 1. The van der Waals surface area contributed by atoms with Crippen LogP contribution in [0, 0.1) is 0 Å². The van der Waals surface area contributed by atoms with Crippen molar-refractivity contribution in [3.8, 4) is 11.5 Å². The van der Waals surface area contributed by atoms with Crippen molar-refractivity contribution in [2.45, 2.75) is 6.18 Å². The van der Waals surface area contributed by atoms with E-state index in [-0.39, 0.29) is 0 Å². The minimum atomic E-state index is -4.42. The summed E-state index contributed by atoms with van der Waals surface area (Å²) in [5.74, 6) is 0.742. The second kappa shape index (κ2) is 5.22. The van der Waals surface area contributed by atoms with Crippen molar-refractivity contribution in [3.63, 3.8) is 0 Å². The molecule has 1 heterocycles. The Bertz CT molecular complexity index is 831. The summed E-state index contributed by atoms with van der Waals surface area (Å²) < 4.78 is 44.2. The molecule has 0 bridgehead atoms. The van der Waals surface area contributed by atoms with Gasteiger partial charge in [-0.05, 0) is 36.4 Å². The van der Waals surface area contributed by atoms with Gasteiger partial charge in [0.15, 0.2) is 0 Å². The van der Waals surface area contributed by atoms with Crippen molar-refractivity contribution < 1.29 is 17.9 Å². The predicted octanol–water partition coefficient (Wildman–Crippen LogP) is 4.63. The molecule has 0 radical (unpaired) electrons. The van der Waals surface area contributed by atoms with Crippen LogP contribution in [-0.4, -0.2) is 4.98 Å². The number of fused-ring (bicyclic) bond motifs is 1. The van der Waals surface area contributed by atoms with Crippen LogP contribution < -0.4 is 10.5 Å². The number of ether oxygens (including phenoxy) is 1. The molecule has 3 aromatic rings. The number of halogens is 3. The van der Waals surface area contributed by atoms with Crippen LogP contribution in [0.2, 0.25) is 0 Å². The first-order chi connectivity index (χ1) is 10.4. The number of alkyl halides is 3. The van der Waals surface area contributed by atoms with Crippen molar-refractivity contribution in [1.82, 2.24) is 4.98 Å². The van der Waals surface area contributed by atoms with Crippen LogP contribution in [0.15, 0.2) is 54.7 Å². The van der Waals surface area contributed by atoms with Gasteiger partial charge < -0.3 is 10.5 Å². The molecular formula is C16H11F3N2O. The van der Waals surface area contributed by atoms with Crippen LogP contribution in [-0.2, 0) is 6.18 Å². The number of pyridine rings is 1. The quantitative estimate of drug-likeness (QED) is 0.702. The fraction of sp³-hybridized carbons (Fsp3) is 0.0625. The van der Waals surface area contributed by atoms with Gasteiger partial charge in [-0.25, -0.2) is 0 Å². The molecule has 0 spiro atoms. The van der Waals surface area contributed by atoms with Crippen molar-refractivity contribution in [2.75, 3.05) is 5.73 Å². The largest absolute Gasteiger partial charge is 0.457 e. The number of aromatic nitrogens is 1. The first-order valence-corrected chi connectivity index (χ1v) is 6.43.